The first kappa shape index (κ1) is 27.5. The van der Waals surface area contributed by atoms with Gasteiger partial charge in [-0.25, -0.2) is 9.18 Å². The first-order valence-electron chi connectivity index (χ1n) is 10.4. The van der Waals surface area contributed by atoms with Crippen LogP contribution in [-0.2, 0) is 30.5 Å². The molecule has 3 amide bonds. The molecule has 33 heavy (non-hydrogen) atoms. The average Bonchev–Trinajstić information content (AvgIpc) is 2.78. The summed E-state index contributed by atoms with van der Waals surface area (Å²) in [5.41, 5.74) is 0.761. The first-order chi connectivity index (χ1) is 15.5. The molecule has 1 aromatic carbocycles. The summed E-state index contributed by atoms with van der Waals surface area (Å²) in [6.07, 6.45) is -0.825. The molecule has 0 radical (unpaired) electrons. The van der Waals surface area contributed by atoms with Crippen molar-refractivity contribution >= 4 is 29.7 Å². The summed E-state index contributed by atoms with van der Waals surface area (Å²) in [6.45, 7) is 4.37. The van der Waals surface area contributed by atoms with Gasteiger partial charge in [0.2, 0.25) is 11.8 Å². The summed E-state index contributed by atoms with van der Waals surface area (Å²) in [5, 5.41) is 16.1. The van der Waals surface area contributed by atoms with Gasteiger partial charge in [-0.2, -0.15) is 0 Å². The van der Waals surface area contributed by atoms with Crippen LogP contribution in [0.25, 0.3) is 0 Å². The zero-order valence-electron chi connectivity index (χ0n) is 19.0. The Labute approximate surface area is 191 Å². The van der Waals surface area contributed by atoms with Gasteiger partial charge in [0.1, 0.15) is 31.4 Å². The summed E-state index contributed by atoms with van der Waals surface area (Å²) in [7, 11) is 0. The van der Waals surface area contributed by atoms with E-state index < -0.39 is 60.4 Å². The number of Topliss-reactive ketones (excluding diaryl/α,β-unsaturated/α-hetero) is 1. The van der Waals surface area contributed by atoms with Gasteiger partial charge in [0.05, 0.1) is 5.92 Å². The number of alkyl carbamates (subject to hydrolysis) is 1. The number of ketones is 1. The highest BCUT2D eigenvalue weighted by Gasteiger charge is 2.33. The Hall–Kier alpha value is -3.50. The molecule has 0 aromatic heterocycles. The average molecular weight is 467 g/mol. The Morgan fingerprint density at radius 2 is 1.52 bits per heavy atom. The lowest BCUT2D eigenvalue weighted by molar-refractivity contribution is -0.145. The molecule has 11 heteroatoms. The lowest BCUT2D eigenvalue weighted by atomic mass is 9.98. The number of hydrogen-bond donors (Lipinski definition) is 4. The molecular weight excluding hydrogens is 437 g/mol. The van der Waals surface area contributed by atoms with Crippen molar-refractivity contribution in [3.05, 3.63) is 35.9 Å². The largest absolute Gasteiger partial charge is 0.481 e. The molecule has 10 nitrogen and oxygen atoms in total. The van der Waals surface area contributed by atoms with E-state index in [-0.39, 0.29) is 12.5 Å². The van der Waals surface area contributed by atoms with Gasteiger partial charge in [-0.15, -0.1) is 0 Å². The normalized spacial score (nSPS) is 14.4. The van der Waals surface area contributed by atoms with Crippen molar-refractivity contribution in [2.45, 2.75) is 52.4 Å². The van der Waals surface area contributed by atoms with E-state index in [0.717, 1.165) is 12.5 Å². The number of carbonyl (C=O) groups is 5. The second-order valence-corrected chi connectivity index (χ2v) is 7.87. The fourth-order valence-electron chi connectivity index (χ4n) is 2.78. The van der Waals surface area contributed by atoms with Gasteiger partial charge in [-0.1, -0.05) is 44.2 Å². The number of nitrogens with one attached hydrogen (secondary N) is 3. The molecule has 0 aliphatic heterocycles. The van der Waals surface area contributed by atoms with E-state index >= 15 is 0 Å². The minimum absolute atomic E-state index is 0.00364. The van der Waals surface area contributed by atoms with Gasteiger partial charge >= 0.3 is 12.1 Å². The van der Waals surface area contributed by atoms with Crippen LogP contribution in [-0.4, -0.2) is 59.6 Å². The van der Waals surface area contributed by atoms with Crippen LogP contribution in [0.4, 0.5) is 9.18 Å². The molecule has 0 spiro atoms. The van der Waals surface area contributed by atoms with Crippen LogP contribution in [0, 0.1) is 11.8 Å². The molecule has 1 aromatic rings. The minimum atomic E-state index is -1.59. The maximum atomic E-state index is 12.8. The molecule has 0 heterocycles. The summed E-state index contributed by atoms with van der Waals surface area (Å²) in [4.78, 5) is 60.0. The molecule has 0 aliphatic carbocycles. The third-order valence-electron chi connectivity index (χ3n) is 4.85. The van der Waals surface area contributed by atoms with Gasteiger partial charge < -0.3 is 25.8 Å². The SMILES string of the molecule is CC(C)[C@H](NC(=O)OCc1ccccc1)C(=O)N[C@@H](C)C(=O)N[C@H](C(=O)CF)C(C)C(=O)O. The van der Waals surface area contributed by atoms with Crippen LogP contribution in [0.5, 0.6) is 0 Å². The zero-order valence-corrected chi connectivity index (χ0v) is 19.0. The van der Waals surface area contributed by atoms with E-state index in [4.69, 9.17) is 9.84 Å². The number of carbonyl (C=O) groups excluding carboxylic acids is 4. The Balaban J connectivity index is 2.72. The zero-order chi connectivity index (χ0) is 25.1. The molecule has 0 fully saturated rings. The second kappa shape index (κ2) is 13.1. The summed E-state index contributed by atoms with van der Waals surface area (Å²) < 4.78 is 17.9. The van der Waals surface area contributed by atoms with Gasteiger partial charge in [0, 0.05) is 0 Å². The molecule has 1 unspecified atom stereocenters. The predicted octanol–water partition coefficient (Wildman–Crippen LogP) is 1.19. The van der Waals surface area contributed by atoms with Crippen molar-refractivity contribution in [2.75, 3.05) is 6.67 Å². The molecular formula is C22H30FN3O7. The second-order valence-electron chi connectivity index (χ2n) is 7.87. The van der Waals surface area contributed by atoms with E-state index in [1.165, 1.54) is 6.92 Å². The molecule has 0 saturated heterocycles. The number of ether oxygens (including phenoxy) is 1. The Kier molecular flexibility index (Phi) is 11.0. The molecule has 0 bridgehead atoms. The Bertz CT molecular complexity index is 848. The van der Waals surface area contributed by atoms with Crippen LogP contribution in [0.15, 0.2) is 30.3 Å². The van der Waals surface area contributed by atoms with Gasteiger partial charge in [0.15, 0.2) is 5.78 Å². The maximum Gasteiger partial charge on any atom is 0.408 e. The van der Waals surface area contributed by atoms with Crippen LogP contribution < -0.4 is 16.0 Å². The highest BCUT2D eigenvalue weighted by Crippen LogP contribution is 2.08. The van der Waals surface area contributed by atoms with Crippen molar-refractivity contribution < 1.29 is 38.2 Å². The van der Waals surface area contributed by atoms with Crippen molar-refractivity contribution in [3.63, 3.8) is 0 Å². The summed E-state index contributed by atoms with van der Waals surface area (Å²) in [6, 6.07) is 5.11. The number of hydrogen-bond acceptors (Lipinski definition) is 6. The van der Waals surface area contributed by atoms with Crippen LogP contribution in [0.2, 0.25) is 0 Å². The number of carboxylic acids is 1. The molecule has 0 aliphatic rings. The van der Waals surface area contributed by atoms with Gasteiger partial charge in [-0.05, 0) is 25.3 Å². The number of benzene rings is 1. The number of halogens is 1. The quantitative estimate of drug-likeness (QED) is 0.360. The summed E-state index contributed by atoms with van der Waals surface area (Å²) in [5.74, 6) is -5.79. The summed E-state index contributed by atoms with van der Waals surface area (Å²) >= 11 is 0. The third-order valence-corrected chi connectivity index (χ3v) is 4.85. The number of alkyl halides is 1. The van der Waals surface area contributed by atoms with E-state index in [2.05, 4.69) is 16.0 Å². The van der Waals surface area contributed by atoms with Crippen LogP contribution >= 0.6 is 0 Å². The van der Waals surface area contributed by atoms with Crippen LogP contribution in [0.3, 0.4) is 0 Å². The van der Waals surface area contributed by atoms with Crippen molar-refractivity contribution in [1.82, 2.24) is 16.0 Å². The van der Waals surface area contributed by atoms with Gasteiger partial charge in [0.25, 0.3) is 0 Å². The highest BCUT2D eigenvalue weighted by atomic mass is 19.1. The fraction of sp³-hybridized carbons (Fsp3) is 0.500. The minimum Gasteiger partial charge on any atom is -0.481 e. The van der Waals surface area contributed by atoms with E-state index in [1.54, 1.807) is 38.1 Å². The lowest BCUT2D eigenvalue weighted by Crippen LogP contribution is -2.57. The highest BCUT2D eigenvalue weighted by molar-refractivity contribution is 5.96. The van der Waals surface area contributed by atoms with E-state index in [9.17, 15) is 28.4 Å². The number of rotatable bonds is 12. The Morgan fingerprint density at radius 1 is 0.909 bits per heavy atom. The topological polar surface area (TPSA) is 151 Å². The lowest BCUT2D eigenvalue weighted by Gasteiger charge is -2.25. The predicted molar refractivity (Wildman–Crippen MR) is 116 cm³/mol. The number of carboxylic acid groups (broad SMARTS) is 1. The monoisotopic (exact) mass is 467 g/mol. The van der Waals surface area contributed by atoms with Crippen molar-refractivity contribution in [1.29, 1.82) is 0 Å². The molecule has 4 atom stereocenters. The maximum absolute atomic E-state index is 12.8. The number of aliphatic carboxylic acids is 1. The fourth-order valence-corrected chi connectivity index (χ4v) is 2.78. The van der Waals surface area contributed by atoms with Crippen molar-refractivity contribution in [3.8, 4) is 0 Å². The molecule has 4 N–H and O–H groups in total. The van der Waals surface area contributed by atoms with Crippen LogP contribution in [0.1, 0.15) is 33.3 Å². The number of amides is 3. The Morgan fingerprint density at radius 3 is 2.03 bits per heavy atom. The van der Waals surface area contributed by atoms with E-state index in [0.29, 0.717) is 0 Å². The molecule has 182 valence electrons. The third kappa shape index (κ3) is 8.87. The molecule has 1 rings (SSSR count). The van der Waals surface area contributed by atoms with E-state index in [1.807, 2.05) is 6.07 Å². The smallest absolute Gasteiger partial charge is 0.408 e. The van der Waals surface area contributed by atoms with Gasteiger partial charge in [-0.3, -0.25) is 19.2 Å². The van der Waals surface area contributed by atoms with Crippen molar-refractivity contribution in [2.24, 2.45) is 11.8 Å². The molecule has 0 saturated carbocycles. The first-order valence-corrected chi connectivity index (χ1v) is 10.4. The standard InChI is InChI=1S/C22H30FN3O7/c1-12(2)17(26-22(32)33-11-15-8-6-5-7-9-15)20(29)24-14(4)19(28)25-18(16(27)10-23)13(3)21(30)31/h5-9,12-14,17-18H,10-11H2,1-4H3,(H,24,29)(H,25,28)(H,26,32)(H,30,31)/t13?,14-,17-,18-/m0/s1.